The van der Waals surface area contributed by atoms with E-state index in [1.54, 1.807) is 0 Å². The monoisotopic (exact) mass is 811 g/mol. The van der Waals surface area contributed by atoms with Crippen LogP contribution < -0.4 is 0 Å². The molecule has 1 fully saturated rings. The predicted octanol–water partition coefficient (Wildman–Crippen LogP) is 10.1. The molecule has 0 amide bonds. The molecule has 0 radical (unpaired) electrons. The first-order valence-corrected chi connectivity index (χ1v) is 22.9. The minimum Gasteiger partial charge on any atom is -0.462 e. The van der Waals surface area contributed by atoms with E-state index in [0.29, 0.717) is 19.3 Å². The van der Waals surface area contributed by atoms with Crippen molar-refractivity contribution in [2.45, 2.75) is 180 Å². The number of aliphatic hydroxyl groups is 2. The van der Waals surface area contributed by atoms with Crippen LogP contribution in [0.1, 0.15) is 155 Å². The standard InChI is InChI=1S/C44H75O11P/c1-3-5-7-9-11-13-15-17-18-19-21-23-25-27-29-33-43(47)51-37-40(38-53-56(49,50)52-36-39(46)35-45)54-44(48)34-30-32-42-41(55-42)31-28-26-24-22-20-16-14-12-10-8-6-4-2/h11-14,17-18,20,22,26,28,39-42,45-46H,3-10,15-16,19,21,23-25,27,29-38H2,1-2H3,(H,49,50)/b13-11-,14-12-,18-17-,22-20-,28-26-/t39-,40+,41?,42?/m0/s1. The lowest BCUT2D eigenvalue weighted by Crippen LogP contribution is -2.30. The second-order valence-corrected chi connectivity index (χ2v) is 15.8. The molecule has 0 bridgehead atoms. The first-order chi connectivity index (χ1) is 27.2. The third-order valence-electron chi connectivity index (χ3n) is 9.07. The Kier molecular flexibility index (Phi) is 33.0. The number of carbonyl (C=O) groups excluding carboxylic acids is 2. The number of ether oxygens (including phenoxy) is 3. The van der Waals surface area contributed by atoms with Gasteiger partial charge in [0, 0.05) is 12.8 Å². The zero-order valence-corrected chi connectivity index (χ0v) is 35.4. The molecule has 12 heteroatoms. The van der Waals surface area contributed by atoms with Gasteiger partial charge in [0.1, 0.15) is 12.7 Å². The number of esters is 2. The van der Waals surface area contributed by atoms with E-state index >= 15 is 0 Å². The summed E-state index contributed by atoms with van der Waals surface area (Å²) in [5, 5.41) is 18.3. The Morgan fingerprint density at radius 2 is 1.16 bits per heavy atom. The van der Waals surface area contributed by atoms with Crippen LogP contribution in [0.4, 0.5) is 0 Å². The maximum absolute atomic E-state index is 12.7. The first-order valence-electron chi connectivity index (χ1n) is 21.4. The number of unbranched alkanes of at least 4 members (excludes halogenated alkanes) is 11. The van der Waals surface area contributed by atoms with Crippen molar-refractivity contribution in [3.63, 3.8) is 0 Å². The van der Waals surface area contributed by atoms with E-state index in [1.807, 2.05) is 0 Å². The van der Waals surface area contributed by atoms with E-state index in [9.17, 15) is 24.2 Å². The molecule has 1 aliphatic rings. The summed E-state index contributed by atoms with van der Waals surface area (Å²) in [5.41, 5.74) is 0. The van der Waals surface area contributed by atoms with Crippen molar-refractivity contribution in [2.24, 2.45) is 0 Å². The van der Waals surface area contributed by atoms with Gasteiger partial charge in [0.25, 0.3) is 0 Å². The van der Waals surface area contributed by atoms with Crippen LogP contribution in [0.2, 0.25) is 0 Å². The molecule has 0 aromatic rings. The normalized spacial score (nSPS) is 18.1. The Hall–Kier alpha value is -2.37. The molecule has 56 heavy (non-hydrogen) atoms. The molecule has 0 saturated carbocycles. The molecule has 1 heterocycles. The Bertz CT molecular complexity index is 1180. The number of aliphatic hydroxyl groups excluding tert-OH is 2. The minimum absolute atomic E-state index is 0.0850. The average molecular weight is 811 g/mol. The van der Waals surface area contributed by atoms with Crippen molar-refractivity contribution >= 4 is 19.8 Å². The number of hydrogen-bond donors (Lipinski definition) is 3. The summed E-state index contributed by atoms with van der Waals surface area (Å²) in [4.78, 5) is 35.1. The first kappa shape index (κ1) is 51.6. The van der Waals surface area contributed by atoms with Crippen LogP contribution >= 0.6 is 7.82 Å². The number of epoxide rings is 1. The molecule has 322 valence electrons. The summed E-state index contributed by atoms with van der Waals surface area (Å²) < 4.78 is 38.4. The van der Waals surface area contributed by atoms with Gasteiger partial charge in [-0.2, -0.15) is 0 Å². The maximum atomic E-state index is 12.7. The van der Waals surface area contributed by atoms with Gasteiger partial charge in [-0.15, -0.1) is 0 Å². The van der Waals surface area contributed by atoms with Gasteiger partial charge >= 0.3 is 19.8 Å². The van der Waals surface area contributed by atoms with E-state index in [4.69, 9.17) is 23.8 Å². The lowest BCUT2D eigenvalue weighted by Gasteiger charge is -2.20. The number of allylic oxidation sites excluding steroid dienone is 9. The van der Waals surface area contributed by atoms with Gasteiger partial charge in [-0.05, 0) is 83.5 Å². The zero-order valence-electron chi connectivity index (χ0n) is 34.5. The van der Waals surface area contributed by atoms with Crippen LogP contribution in [-0.2, 0) is 37.4 Å². The fraction of sp³-hybridized carbons (Fsp3) is 0.727. The molecule has 1 saturated heterocycles. The summed E-state index contributed by atoms with van der Waals surface area (Å²) >= 11 is 0. The highest BCUT2D eigenvalue weighted by atomic mass is 31.2. The van der Waals surface area contributed by atoms with E-state index in [-0.39, 0.29) is 31.7 Å². The number of phosphoric acid groups is 1. The van der Waals surface area contributed by atoms with Crippen molar-refractivity contribution in [2.75, 3.05) is 26.4 Å². The van der Waals surface area contributed by atoms with E-state index in [1.165, 1.54) is 38.5 Å². The van der Waals surface area contributed by atoms with Gasteiger partial charge < -0.3 is 29.3 Å². The van der Waals surface area contributed by atoms with Crippen LogP contribution in [0.15, 0.2) is 60.8 Å². The highest BCUT2D eigenvalue weighted by Gasteiger charge is 2.37. The Balaban J connectivity index is 2.34. The molecule has 0 spiro atoms. The van der Waals surface area contributed by atoms with Crippen molar-refractivity contribution < 1.29 is 52.5 Å². The van der Waals surface area contributed by atoms with Gasteiger partial charge in [-0.3, -0.25) is 18.6 Å². The molecule has 11 nitrogen and oxygen atoms in total. The molecule has 3 unspecified atom stereocenters. The van der Waals surface area contributed by atoms with Crippen LogP contribution in [0, 0.1) is 0 Å². The molecule has 0 aromatic carbocycles. The zero-order chi connectivity index (χ0) is 41.0. The third-order valence-corrected chi connectivity index (χ3v) is 10.0. The van der Waals surface area contributed by atoms with Gasteiger partial charge in [-0.1, -0.05) is 120 Å². The van der Waals surface area contributed by atoms with Crippen molar-refractivity contribution in [3.8, 4) is 0 Å². The molecular formula is C44H75O11P. The molecular weight excluding hydrogens is 735 g/mol. The van der Waals surface area contributed by atoms with E-state index < -0.39 is 51.8 Å². The number of phosphoric ester groups is 1. The average Bonchev–Trinajstić information content (AvgIpc) is 3.94. The summed E-state index contributed by atoms with van der Waals surface area (Å²) in [6, 6.07) is 0. The van der Waals surface area contributed by atoms with Crippen molar-refractivity contribution in [1.82, 2.24) is 0 Å². The predicted molar refractivity (Wildman–Crippen MR) is 223 cm³/mol. The van der Waals surface area contributed by atoms with Crippen molar-refractivity contribution in [3.05, 3.63) is 60.8 Å². The Labute approximate surface area is 338 Å². The Morgan fingerprint density at radius 1 is 0.643 bits per heavy atom. The van der Waals surface area contributed by atoms with Gasteiger partial charge in [-0.25, -0.2) is 4.57 Å². The highest BCUT2D eigenvalue weighted by molar-refractivity contribution is 7.47. The SMILES string of the molecule is CCCCC/C=C\C/C=C\C/C=C\CC1OC1CCCC(=O)O[C@H](COC(=O)CCCCCCC/C=C\C/C=C\CCCCC)COP(=O)(O)OC[C@@H](O)CO. The van der Waals surface area contributed by atoms with Crippen molar-refractivity contribution in [1.29, 1.82) is 0 Å². The summed E-state index contributed by atoms with van der Waals surface area (Å²) in [6.45, 7) is 2.21. The fourth-order valence-corrected chi connectivity index (χ4v) is 6.43. The highest BCUT2D eigenvalue weighted by Crippen LogP contribution is 2.43. The smallest absolute Gasteiger partial charge is 0.462 e. The Morgan fingerprint density at radius 3 is 1.77 bits per heavy atom. The topological polar surface area (TPSA) is 161 Å². The van der Waals surface area contributed by atoms with E-state index in [2.05, 4.69) is 79.1 Å². The molecule has 1 rings (SSSR count). The maximum Gasteiger partial charge on any atom is 0.472 e. The fourth-order valence-electron chi connectivity index (χ4n) is 5.64. The second-order valence-electron chi connectivity index (χ2n) is 14.4. The minimum atomic E-state index is -4.65. The molecule has 3 N–H and O–H groups in total. The lowest BCUT2D eigenvalue weighted by molar-refractivity contribution is -0.161. The third kappa shape index (κ3) is 32.7. The van der Waals surface area contributed by atoms with Crippen LogP contribution in [0.5, 0.6) is 0 Å². The summed E-state index contributed by atoms with van der Waals surface area (Å²) in [7, 11) is -4.65. The number of carbonyl (C=O) groups is 2. The van der Waals surface area contributed by atoms with Gasteiger partial charge in [0.05, 0.1) is 32.0 Å². The molecule has 1 aliphatic heterocycles. The lowest BCUT2D eigenvalue weighted by atomic mass is 10.1. The summed E-state index contributed by atoms with van der Waals surface area (Å²) in [6.07, 6.45) is 40.6. The molecule has 0 aliphatic carbocycles. The van der Waals surface area contributed by atoms with Crippen LogP contribution in [-0.4, -0.2) is 77.9 Å². The number of rotatable bonds is 38. The molecule has 5 atom stereocenters. The van der Waals surface area contributed by atoms with Crippen LogP contribution in [0.25, 0.3) is 0 Å². The van der Waals surface area contributed by atoms with E-state index in [0.717, 1.165) is 70.6 Å². The van der Waals surface area contributed by atoms with Gasteiger partial charge in [0.2, 0.25) is 0 Å². The number of hydrogen-bond acceptors (Lipinski definition) is 10. The largest absolute Gasteiger partial charge is 0.472 e. The summed E-state index contributed by atoms with van der Waals surface area (Å²) in [5.74, 6) is -1.02. The quantitative estimate of drug-likeness (QED) is 0.0179. The van der Waals surface area contributed by atoms with Gasteiger partial charge in [0.15, 0.2) is 6.10 Å². The second kappa shape index (κ2) is 35.8. The molecule has 0 aromatic heterocycles. The van der Waals surface area contributed by atoms with Crippen LogP contribution in [0.3, 0.4) is 0 Å².